The van der Waals surface area contributed by atoms with E-state index in [1.165, 1.54) is 25.1 Å². The smallest absolute Gasteiger partial charge is 0.437 e. The minimum Gasteiger partial charge on any atom is -0.484 e. The van der Waals surface area contributed by atoms with Crippen LogP contribution in [-0.4, -0.2) is 16.1 Å². The molecule has 2 aromatic heterocycles. The maximum absolute atomic E-state index is 12.9. The van der Waals surface area contributed by atoms with E-state index < -0.39 is 23.5 Å². The highest BCUT2D eigenvalue weighted by Gasteiger charge is 2.38. The van der Waals surface area contributed by atoms with Gasteiger partial charge in [0.15, 0.2) is 11.5 Å². The molecule has 0 fully saturated rings. The Bertz CT molecular complexity index is 1010. The number of aryl methyl sites for hydroxylation is 1. The predicted molar refractivity (Wildman–Crippen MR) is 95.8 cm³/mol. The van der Waals surface area contributed by atoms with Crippen LogP contribution in [0.1, 0.15) is 27.7 Å². The van der Waals surface area contributed by atoms with Gasteiger partial charge in [-0.15, -0.1) is 0 Å². The van der Waals surface area contributed by atoms with Gasteiger partial charge < -0.3 is 14.5 Å². The average molecular weight is 434 g/mol. The SMILES string of the molecule is Cc1[nH]nc(C(F)(F)F)c1NC(=O)c1ccc(COc2ccc(Cl)cc2Cl)o1. The third-order valence-corrected chi connectivity index (χ3v) is 4.13. The standard InChI is InChI=1S/C17H12Cl2F3N3O3/c1-8-14(15(25-24-8)17(20,21)22)23-16(26)13-5-3-10(28-13)7-27-12-4-2-9(18)6-11(12)19/h2-6H,7H2,1H3,(H,23,26)(H,24,25). The highest BCUT2D eigenvalue weighted by atomic mass is 35.5. The topological polar surface area (TPSA) is 80.2 Å². The van der Waals surface area contributed by atoms with Crippen LogP contribution >= 0.6 is 23.2 Å². The summed E-state index contributed by atoms with van der Waals surface area (Å²) in [6, 6.07) is 7.45. The molecule has 11 heteroatoms. The first-order valence-corrected chi connectivity index (χ1v) is 8.51. The second-order valence-electron chi connectivity index (χ2n) is 5.65. The molecule has 0 atom stereocenters. The zero-order valence-corrected chi connectivity index (χ0v) is 15.7. The molecule has 0 bridgehead atoms. The molecule has 28 heavy (non-hydrogen) atoms. The van der Waals surface area contributed by atoms with Crippen molar-refractivity contribution in [3.63, 3.8) is 0 Å². The number of H-pyrrole nitrogens is 1. The molecule has 0 aliphatic heterocycles. The number of ether oxygens (including phenoxy) is 1. The third-order valence-electron chi connectivity index (χ3n) is 3.60. The van der Waals surface area contributed by atoms with Crippen molar-refractivity contribution in [1.29, 1.82) is 0 Å². The minimum atomic E-state index is -4.71. The van der Waals surface area contributed by atoms with E-state index in [4.69, 9.17) is 32.4 Å². The number of carbonyl (C=O) groups is 1. The van der Waals surface area contributed by atoms with Gasteiger partial charge in [-0.25, -0.2) is 0 Å². The van der Waals surface area contributed by atoms with Crippen molar-refractivity contribution < 1.29 is 27.1 Å². The van der Waals surface area contributed by atoms with E-state index in [2.05, 4.69) is 15.5 Å². The molecule has 1 aromatic carbocycles. The summed E-state index contributed by atoms with van der Waals surface area (Å²) in [5.74, 6) is -0.409. The fourth-order valence-corrected chi connectivity index (χ4v) is 2.74. The summed E-state index contributed by atoms with van der Waals surface area (Å²) >= 11 is 11.8. The van der Waals surface area contributed by atoms with Gasteiger partial charge in [0.2, 0.25) is 0 Å². The molecular weight excluding hydrogens is 422 g/mol. The molecule has 2 N–H and O–H groups in total. The van der Waals surface area contributed by atoms with Crippen LogP contribution in [0.2, 0.25) is 10.0 Å². The van der Waals surface area contributed by atoms with E-state index in [0.717, 1.165) is 0 Å². The van der Waals surface area contributed by atoms with Gasteiger partial charge in [0.1, 0.15) is 18.1 Å². The van der Waals surface area contributed by atoms with Crippen molar-refractivity contribution in [1.82, 2.24) is 10.2 Å². The van der Waals surface area contributed by atoms with Crippen LogP contribution in [0.4, 0.5) is 18.9 Å². The summed E-state index contributed by atoms with van der Waals surface area (Å²) < 4.78 is 49.6. The average Bonchev–Trinajstić information content (AvgIpc) is 3.21. The van der Waals surface area contributed by atoms with Gasteiger partial charge in [-0.2, -0.15) is 18.3 Å². The van der Waals surface area contributed by atoms with E-state index in [9.17, 15) is 18.0 Å². The number of nitrogens with one attached hydrogen (secondary N) is 2. The number of carbonyl (C=O) groups excluding carboxylic acids is 1. The Balaban J connectivity index is 1.69. The molecular formula is C17H12Cl2F3N3O3. The number of aromatic nitrogens is 2. The fraction of sp³-hybridized carbons (Fsp3) is 0.176. The fourth-order valence-electron chi connectivity index (χ4n) is 2.28. The summed E-state index contributed by atoms with van der Waals surface area (Å²) in [5, 5.41) is 8.28. The molecule has 2 heterocycles. The number of aromatic amines is 1. The Hall–Kier alpha value is -2.65. The highest BCUT2D eigenvalue weighted by Crippen LogP contribution is 2.35. The highest BCUT2D eigenvalue weighted by molar-refractivity contribution is 6.35. The summed E-state index contributed by atoms with van der Waals surface area (Å²) in [6.07, 6.45) is -4.71. The number of anilines is 1. The van der Waals surface area contributed by atoms with Gasteiger partial charge in [-0.1, -0.05) is 23.2 Å². The number of amides is 1. The summed E-state index contributed by atoms with van der Waals surface area (Å²) in [7, 11) is 0. The Kier molecular flexibility index (Phi) is 5.57. The molecule has 0 radical (unpaired) electrons. The maximum atomic E-state index is 12.9. The number of nitrogens with zero attached hydrogens (tertiary/aromatic N) is 1. The molecule has 0 aliphatic rings. The Morgan fingerprint density at radius 1 is 1.29 bits per heavy atom. The van der Waals surface area contributed by atoms with E-state index >= 15 is 0 Å². The van der Waals surface area contributed by atoms with Gasteiger partial charge in [0, 0.05) is 5.02 Å². The second kappa shape index (κ2) is 7.76. The van der Waals surface area contributed by atoms with Crippen molar-refractivity contribution in [2.75, 3.05) is 5.32 Å². The van der Waals surface area contributed by atoms with Gasteiger partial charge in [0.05, 0.1) is 16.4 Å². The van der Waals surface area contributed by atoms with Crippen LogP contribution in [0.15, 0.2) is 34.7 Å². The van der Waals surface area contributed by atoms with E-state index in [0.29, 0.717) is 15.8 Å². The largest absolute Gasteiger partial charge is 0.484 e. The summed E-state index contributed by atoms with van der Waals surface area (Å²) in [5.41, 5.74) is -1.61. The van der Waals surface area contributed by atoms with Crippen LogP contribution < -0.4 is 10.1 Å². The molecule has 0 saturated carbocycles. The summed E-state index contributed by atoms with van der Waals surface area (Å²) in [4.78, 5) is 12.2. The quantitative estimate of drug-likeness (QED) is 0.559. The molecule has 0 unspecified atom stereocenters. The van der Waals surface area contributed by atoms with Crippen molar-refractivity contribution in [2.24, 2.45) is 0 Å². The minimum absolute atomic E-state index is 0.0484. The predicted octanol–water partition coefficient (Wildman–Crippen LogP) is 5.47. The third kappa shape index (κ3) is 4.42. The van der Waals surface area contributed by atoms with Crippen molar-refractivity contribution in [3.05, 3.63) is 63.3 Å². The first kappa shape index (κ1) is 20.1. The molecule has 3 rings (SSSR count). The van der Waals surface area contributed by atoms with Gasteiger partial charge >= 0.3 is 6.18 Å². The first-order chi connectivity index (χ1) is 13.1. The van der Waals surface area contributed by atoms with Crippen LogP contribution in [0, 0.1) is 6.92 Å². The lowest BCUT2D eigenvalue weighted by atomic mass is 10.2. The normalized spacial score (nSPS) is 11.5. The molecule has 6 nitrogen and oxygen atoms in total. The monoisotopic (exact) mass is 433 g/mol. The zero-order valence-electron chi connectivity index (χ0n) is 14.2. The lowest BCUT2D eigenvalue weighted by Crippen LogP contribution is -2.16. The molecule has 0 aliphatic carbocycles. The van der Waals surface area contributed by atoms with Crippen molar-refractivity contribution in [3.8, 4) is 5.75 Å². The number of alkyl halides is 3. The maximum Gasteiger partial charge on any atom is 0.437 e. The van der Waals surface area contributed by atoms with Crippen molar-refractivity contribution >= 4 is 34.8 Å². The number of hydrogen-bond acceptors (Lipinski definition) is 4. The number of halogens is 5. The first-order valence-electron chi connectivity index (χ1n) is 7.75. The number of hydrogen-bond donors (Lipinski definition) is 2. The lowest BCUT2D eigenvalue weighted by molar-refractivity contribution is -0.140. The zero-order chi connectivity index (χ0) is 20.5. The summed E-state index contributed by atoms with van der Waals surface area (Å²) in [6.45, 7) is 1.31. The lowest BCUT2D eigenvalue weighted by Gasteiger charge is -2.08. The second-order valence-corrected chi connectivity index (χ2v) is 6.50. The van der Waals surface area contributed by atoms with Crippen LogP contribution in [0.3, 0.4) is 0 Å². The van der Waals surface area contributed by atoms with Crippen LogP contribution in [-0.2, 0) is 12.8 Å². The molecule has 0 saturated heterocycles. The van der Waals surface area contributed by atoms with Crippen LogP contribution in [0.5, 0.6) is 5.75 Å². The number of rotatable bonds is 5. The van der Waals surface area contributed by atoms with Crippen molar-refractivity contribution in [2.45, 2.75) is 19.7 Å². The van der Waals surface area contributed by atoms with Gasteiger partial charge in [0.25, 0.3) is 5.91 Å². The number of furan rings is 1. The number of benzene rings is 1. The Morgan fingerprint density at radius 3 is 2.71 bits per heavy atom. The van der Waals surface area contributed by atoms with Gasteiger partial charge in [-0.05, 0) is 37.3 Å². The van der Waals surface area contributed by atoms with E-state index in [1.807, 2.05) is 0 Å². The Labute approximate surface area is 166 Å². The molecule has 3 aromatic rings. The molecule has 148 valence electrons. The van der Waals surface area contributed by atoms with E-state index in [1.54, 1.807) is 12.1 Å². The molecule has 1 amide bonds. The van der Waals surface area contributed by atoms with E-state index in [-0.39, 0.29) is 23.8 Å². The van der Waals surface area contributed by atoms with Gasteiger partial charge in [-0.3, -0.25) is 9.89 Å². The van der Waals surface area contributed by atoms with Crippen LogP contribution in [0.25, 0.3) is 0 Å². The Morgan fingerprint density at radius 2 is 2.04 bits per heavy atom. The molecule has 0 spiro atoms.